The number of rotatable bonds is 1. The lowest BCUT2D eigenvalue weighted by Crippen LogP contribution is -2.45. The van der Waals surface area contributed by atoms with Gasteiger partial charge in [0, 0.05) is 3.57 Å². The number of hydrogen-bond acceptors (Lipinski definition) is 3. The summed E-state index contributed by atoms with van der Waals surface area (Å²) >= 11 is 2.29. The average Bonchev–Trinajstić information content (AvgIpc) is 2.97. The molecule has 1 amide bonds. The molecule has 3 unspecified atom stereocenters. The Morgan fingerprint density at radius 1 is 1.33 bits per heavy atom. The summed E-state index contributed by atoms with van der Waals surface area (Å²) in [6.45, 7) is 6.32. The SMILES string of the molecule is CC(C)(C)OC(=O)N1CC2CC1C(c1ccc(I)cc1)O2. The second-order valence-corrected chi connectivity index (χ2v) is 7.91. The number of nitrogens with zero attached hydrogens (tertiary/aromatic N) is 1. The van der Waals surface area contributed by atoms with E-state index < -0.39 is 5.60 Å². The minimum Gasteiger partial charge on any atom is -0.444 e. The lowest BCUT2D eigenvalue weighted by molar-refractivity contribution is -0.0467. The molecular formula is C16H20INO3. The van der Waals surface area contributed by atoms with E-state index in [1.807, 2.05) is 25.7 Å². The molecule has 0 saturated carbocycles. The standard InChI is InChI=1S/C16H20INO3/c1-16(2,3)21-15(19)18-9-12-8-13(18)14(20-12)10-4-6-11(17)7-5-10/h4-7,12-14H,8-9H2,1-3H3. The maximum Gasteiger partial charge on any atom is 0.410 e. The number of carbonyl (C=O) groups is 1. The lowest BCUT2D eigenvalue weighted by Gasteiger charge is -2.34. The van der Waals surface area contributed by atoms with Gasteiger partial charge in [0.1, 0.15) is 11.7 Å². The summed E-state index contributed by atoms with van der Waals surface area (Å²) in [5, 5.41) is 0. The lowest BCUT2D eigenvalue weighted by atomic mass is 10.0. The fraction of sp³-hybridized carbons (Fsp3) is 0.562. The first-order valence-corrected chi connectivity index (χ1v) is 8.32. The third-order valence-electron chi connectivity index (χ3n) is 3.82. The van der Waals surface area contributed by atoms with Crippen LogP contribution in [0, 0.1) is 3.57 Å². The van der Waals surface area contributed by atoms with E-state index in [0.717, 1.165) is 12.0 Å². The van der Waals surface area contributed by atoms with Crippen LogP contribution in [0.25, 0.3) is 0 Å². The highest BCUT2D eigenvalue weighted by Gasteiger charge is 2.49. The van der Waals surface area contributed by atoms with E-state index in [4.69, 9.17) is 9.47 Å². The smallest absolute Gasteiger partial charge is 0.410 e. The molecule has 0 spiro atoms. The molecule has 2 saturated heterocycles. The van der Waals surface area contributed by atoms with Crippen molar-refractivity contribution in [1.29, 1.82) is 0 Å². The molecule has 0 radical (unpaired) electrons. The minimum atomic E-state index is -0.460. The van der Waals surface area contributed by atoms with E-state index in [9.17, 15) is 4.79 Å². The zero-order valence-corrected chi connectivity index (χ0v) is 14.7. The van der Waals surface area contributed by atoms with Crippen molar-refractivity contribution in [3.8, 4) is 0 Å². The Morgan fingerprint density at radius 2 is 2.00 bits per heavy atom. The largest absolute Gasteiger partial charge is 0.444 e. The molecule has 2 heterocycles. The fourth-order valence-electron chi connectivity index (χ4n) is 2.99. The van der Waals surface area contributed by atoms with Crippen molar-refractivity contribution in [1.82, 2.24) is 4.90 Å². The van der Waals surface area contributed by atoms with Crippen molar-refractivity contribution in [3.05, 3.63) is 33.4 Å². The van der Waals surface area contributed by atoms with Crippen LogP contribution in [-0.4, -0.2) is 35.3 Å². The summed E-state index contributed by atoms with van der Waals surface area (Å²) in [6.07, 6.45) is 0.768. The van der Waals surface area contributed by atoms with Gasteiger partial charge in [-0.1, -0.05) is 12.1 Å². The Labute approximate surface area is 138 Å². The first-order chi connectivity index (χ1) is 9.83. The van der Waals surface area contributed by atoms with Gasteiger partial charge < -0.3 is 9.47 Å². The molecule has 0 aliphatic carbocycles. The second kappa shape index (κ2) is 5.43. The number of benzene rings is 1. The van der Waals surface area contributed by atoms with Crippen LogP contribution in [0.4, 0.5) is 4.79 Å². The van der Waals surface area contributed by atoms with Crippen molar-refractivity contribution in [2.24, 2.45) is 0 Å². The molecular weight excluding hydrogens is 381 g/mol. The van der Waals surface area contributed by atoms with Gasteiger partial charge in [0.2, 0.25) is 0 Å². The summed E-state index contributed by atoms with van der Waals surface area (Å²) in [7, 11) is 0. The third kappa shape index (κ3) is 3.18. The van der Waals surface area contributed by atoms with Crippen LogP contribution in [-0.2, 0) is 9.47 Å². The highest BCUT2D eigenvalue weighted by atomic mass is 127. The topological polar surface area (TPSA) is 38.8 Å². The van der Waals surface area contributed by atoms with E-state index >= 15 is 0 Å². The van der Waals surface area contributed by atoms with Crippen molar-refractivity contribution >= 4 is 28.7 Å². The van der Waals surface area contributed by atoms with Crippen LogP contribution in [0.1, 0.15) is 38.9 Å². The molecule has 21 heavy (non-hydrogen) atoms. The molecule has 2 aliphatic rings. The molecule has 5 heteroatoms. The maximum absolute atomic E-state index is 12.3. The van der Waals surface area contributed by atoms with Gasteiger partial charge in [0.05, 0.1) is 18.7 Å². The predicted molar refractivity (Wildman–Crippen MR) is 88.1 cm³/mol. The van der Waals surface area contributed by atoms with E-state index in [1.165, 1.54) is 3.57 Å². The third-order valence-corrected chi connectivity index (χ3v) is 4.54. The van der Waals surface area contributed by atoms with Gasteiger partial charge in [-0.3, -0.25) is 4.90 Å². The molecule has 1 aromatic rings. The molecule has 2 bridgehead atoms. The molecule has 1 aromatic carbocycles. The first-order valence-electron chi connectivity index (χ1n) is 7.24. The van der Waals surface area contributed by atoms with Gasteiger partial charge >= 0.3 is 6.09 Å². The minimum absolute atomic E-state index is 0.0340. The van der Waals surface area contributed by atoms with E-state index in [1.54, 1.807) is 0 Å². The van der Waals surface area contributed by atoms with Crippen molar-refractivity contribution in [2.45, 2.75) is 51.0 Å². The highest BCUT2D eigenvalue weighted by molar-refractivity contribution is 14.1. The zero-order chi connectivity index (χ0) is 15.2. The van der Waals surface area contributed by atoms with Gasteiger partial charge in [-0.05, 0) is 67.5 Å². The van der Waals surface area contributed by atoms with Crippen molar-refractivity contribution < 1.29 is 14.3 Å². The zero-order valence-electron chi connectivity index (χ0n) is 12.5. The molecule has 2 fully saturated rings. The summed E-state index contributed by atoms with van der Waals surface area (Å²) < 4.78 is 12.8. The predicted octanol–water partition coefficient (Wildman–Crippen LogP) is 3.74. The molecule has 2 aliphatic heterocycles. The number of carbonyl (C=O) groups excluding carboxylic acids is 1. The molecule has 3 atom stereocenters. The normalized spacial score (nSPS) is 28.0. The van der Waals surface area contributed by atoms with Crippen molar-refractivity contribution in [2.75, 3.05) is 6.54 Å². The van der Waals surface area contributed by atoms with E-state index in [2.05, 4.69) is 46.9 Å². The second-order valence-electron chi connectivity index (χ2n) is 6.67. The van der Waals surface area contributed by atoms with E-state index in [-0.39, 0.29) is 24.3 Å². The molecule has 0 N–H and O–H groups in total. The number of fused-ring (bicyclic) bond motifs is 2. The number of ether oxygens (including phenoxy) is 2. The van der Waals surface area contributed by atoms with Crippen LogP contribution in [0.15, 0.2) is 24.3 Å². The van der Waals surface area contributed by atoms with E-state index in [0.29, 0.717) is 6.54 Å². The molecule has 3 rings (SSSR count). The fourth-order valence-corrected chi connectivity index (χ4v) is 3.35. The number of hydrogen-bond donors (Lipinski definition) is 0. The number of amides is 1. The van der Waals surface area contributed by atoms with Crippen LogP contribution in [0.5, 0.6) is 0 Å². The van der Waals surface area contributed by atoms with Crippen LogP contribution < -0.4 is 0 Å². The Kier molecular flexibility index (Phi) is 3.90. The number of morpholine rings is 1. The Hall–Kier alpha value is -0.820. The first kappa shape index (κ1) is 15.1. The maximum atomic E-state index is 12.3. The van der Waals surface area contributed by atoms with Gasteiger partial charge in [-0.25, -0.2) is 4.79 Å². The van der Waals surface area contributed by atoms with Crippen molar-refractivity contribution in [3.63, 3.8) is 0 Å². The van der Waals surface area contributed by atoms with Crippen LogP contribution in [0.3, 0.4) is 0 Å². The molecule has 114 valence electrons. The van der Waals surface area contributed by atoms with Crippen LogP contribution >= 0.6 is 22.6 Å². The molecule has 0 aromatic heterocycles. The summed E-state index contributed by atoms with van der Waals surface area (Å²) in [4.78, 5) is 14.2. The monoisotopic (exact) mass is 401 g/mol. The summed E-state index contributed by atoms with van der Waals surface area (Å²) in [5.74, 6) is 0. The number of likely N-dealkylation sites (tertiary alicyclic amines) is 1. The summed E-state index contributed by atoms with van der Waals surface area (Å²) in [6, 6.07) is 8.40. The van der Waals surface area contributed by atoms with Gasteiger partial charge in [-0.15, -0.1) is 0 Å². The highest BCUT2D eigenvalue weighted by Crippen LogP contribution is 2.42. The average molecular weight is 401 g/mol. The Bertz CT molecular complexity index is 537. The van der Waals surface area contributed by atoms with Crippen LogP contribution in [0.2, 0.25) is 0 Å². The van der Waals surface area contributed by atoms with Gasteiger partial charge in [0.15, 0.2) is 0 Å². The Balaban J connectivity index is 1.75. The quantitative estimate of drug-likeness (QED) is 0.674. The molecule has 4 nitrogen and oxygen atoms in total. The van der Waals surface area contributed by atoms with Gasteiger partial charge in [-0.2, -0.15) is 0 Å². The summed E-state index contributed by atoms with van der Waals surface area (Å²) in [5.41, 5.74) is 0.675. The Morgan fingerprint density at radius 3 is 2.57 bits per heavy atom. The number of halogens is 1. The van der Waals surface area contributed by atoms with Gasteiger partial charge in [0.25, 0.3) is 0 Å².